The Hall–Kier alpha value is -1.12. The van der Waals surface area contributed by atoms with Crippen molar-refractivity contribution in [3.05, 3.63) is 0 Å². The summed E-state index contributed by atoms with van der Waals surface area (Å²) in [4.78, 5) is 74.1. The zero-order chi connectivity index (χ0) is 34.8. The Bertz CT molecular complexity index is 769. The van der Waals surface area contributed by atoms with E-state index in [0.717, 1.165) is 0 Å². The molecule has 0 N–H and O–H groups in total. The average molecular weight is 769 g/mol. The predicted octanol–water partition coefficient (Wildman–Crippen LogP) is 1.91. The second-order valence-corrected chi connectivity index (χ2v) is 12.5. The highest BCUT2D eigenvalue weighted by atomic mass is 32.1. The van der Waals surface area contributed by atoms with Gasteiger partial charge in [0.05, 0.1) is 50.5 Å². The Labute approximate surface area is 302 Å². The Morgan fingerprint density at radius 1 is 0.348 bits per heavy atom. The predicted molar refractivity (Wildman–Crippen MR) is 188 cm³/mol. The van der Waals surface area contributed by atoms with Gasteiger partial charge in [-0.05, 0) is 0 Å². The van der Waals surface area contributed by atoms with Crippen molar-refractivity contribution in [3.8, 4) is 0 Å². The first-order valence-electron chi connectivity index (χ1n) is 14.2. The molecule has 0 aliphatic rings. The summed E-state index contributed by atoms with van der Waals surface area (Å²) in [5.41, 5.74) is -3.34. The molecule has 0 aromatic heterocycles. The maximum atomic E-state index is 12.4. The van der Waals surface area contributed by atoms with Crippen LogP contribution in [0.3, 0.4) is 0 Å². The van der Waals surface area contributed by atoms with E-state index in [1.54, 1.807) is 0 Å². The van der Waals surface area contributed by atoms with E-state index in [2.05, 4.69) is 75.8 Å². The summed E-state index contributed by atoms with van der Waals surface area (Å²) in [7, 11) is 0. The van der Waals surface area contributed by atoms with Crippen LogP contribution in [-0.4, -0.2) is 122 Å². The Kier molecular flexibility index (Phi) is 26.1. The second kappa shape index (κ2) is 26.8. The molecule has 0 aromatic rings. The van der Waals surface area contributed by atoms with Crippen molar-refractivity contribution in [2.24, 2.45) is 5.41 Å². The minimum Gasteiger partial charge on any atom is -0.465 e. The van der Waals surface area contributed by atoms with Crippen LogP contribution in [0.4, 0.5) is 0 Å². The number of rotatable bonds is 27. The van der Waals surface area contributed by atoms with E-state index in [1.165, 1.54) is 0 Å². The van der Waals surface area contributed by atoms with Gasteiger partial charge in [0.1, 0.15) is 39.6 Å². The fraction of sp³-hybridized carbons (Fsp3) is 0.778. The van der Waals surface area contributed by atoms with Crippen molar-refractivity contribution in [1.82, 2.24) is 0 Å². The van der Waals surface area contributed by atoms with E-state index in [9.17, 15) is 28.8 Å². The molecule has 0 fully saturated rings. The lowest BCUT2D eigenvalue weighted by Gasteiger charge is -2.38. The molecule has 0 aromatic carbocycles. The van der Waals surface area contributed by atoms with Crippen LogP contribution in [0.15, 0.2) is 0 Å². The number of esters is 6. The average Bonchev–Trinajstić information content (AvgIpc) is 3.01. The molecule has 0 heterocycles. The van der Waals surface area contributed by atoms with Crippen LogP contribution in [0.2, 0.25) is 0 Å². The summed E-state index contributed by atoms with van der Waals surface area (Å²) in [6.07, 6.45) is -0.341. The molecule has 0 saturated carbocycles. The first kappa shape index (κ1) is 44.9. The van der Waals surface area contributed by atoms with Gasteiger partial charge in [0.15, 0.2) is 5.60 Å². The fourth-order valence-electron chi connectivity index (χ4n) is 3.12. The smallest absolute Gasteiger partial charge is 0.306 e. The zero-order valence-electron chi connectivity index (χ0n) is 25.4. The number of thiol groups is 6. The van der Waals surface area contributed by atoms with Crippen LogP contribution in [0.25, 0.3) is 0 Å². The molecule has 0 radical (unpaired) electrons. The van der Waals surface area contributed by atoms with Crippen LogP contribution < -0.4 is 0 Å². The van der Waals surface area contributed by atoms with Crippen molar-refractivity contribution < 1.29 is 61.9 Å². The third-order valence-corrected chi connectivity index (χ3v) is 7.03. The lowest BCUT2D eigenvalue weighted by Crippen LogP contribution is -2.53. The van der Waals surface area contributed by atoms with Crippen molar-refractivity contribution in [2.45, 2.75) is 44.1 Å². The van der Waals surface area contributed by atoms with E-state index in [4.69, 9.17) is 33.2 Å². The lowest BCUT2D eigenvalue weighted by atomic mass is 9.91. The number of hydrogen-bond donors (Lipinski definition) is 6. The third-order valence-electron chi connectivity index (χ3n) is 5.69. The van der Waals surface area contributed by atoms with Crippen LogP contribution in [0.5, 0.6) is 0 Å². The molecule has 0 unspecified atom stereocenters. The van der Waals surface area contributed by atoms with Crippen molar-refractivity contribution in [1.29, 1.82) is 0 Å². The highest BCUT2D eigenvalue weighted by molar-refractivity contribution is 7.81. The molecular weight excluding hydrogens is 725 g/mol. The molecule has 0 rings (SSSR count). The highest BCUT2D eigenvalue weighted by Gasteiger charge is 2.43. The molecule has 0 amide bonds. The monoisotopic (exact) mass is 768 g/mol. The summed E-state index contributed by atoms with van der Waals surface area (Å²) < 4.78 is 38.7. The van der Waals surface area contributed by atoms with Gasteiger partial charge >= 0.3 is 35.8 Å². The first-order valence-corrected chi connectivity index (χ1v) is 18.0. The maximum absolute atomic E-state index is 12.4. The van der Waals surface area contributed by atoms with Gasteiger partial charge in [0, 0.05) is 34.5 Å². The van der Waals surface area contributed by atoms with Crippen molar-refractivity contribution in [2.75, 3.05) is 80.8 Å². The van der Waals surface area contributed by atoms with E-state index >= 15 is 0 Å². The van der Waals surface area contributed by atoms with Gasteiger partial charge in [-0.15, -0.1) is 0 Å². The third kappa shape index (κ3) is 21.0. The summed E-state index contributed by atoms with van der Waals surface area (Å²) in [5, 5.41) is 0. The van der Waals surface area contributed by atoms with Crippen molar-refractivity contribution >= 4 is 112 Å². The number of ether oxygens (including phenoxy) is 7. The molecule has 0 aliphatic heterocycles. The highest BCUT2D eigenvalue weighted by Crippen LogP contribution is 2.27. The largest absolute Gasteiger partial charge is 0.465 e. The molecule has 0 saturated heterocycles. The second-order valence-electron chi connectivity index (χ2n) is 9.78. The lowest BCUT2D eigenvalue weighted by molar-refractivity contribution is -0.207. The van der Waals surface area contributed by atoms with Gasteiger partial charge < -0.3 is 33.2 Å². The zero-order valence-corrected chi connectivity index (χ0v) is 30.8. The maximum Gasteiger partial charge on any atom is 0.306 e. The Morgan fingerprint density at radius 2 is 0.565 bits per heavy atom. The molecule has 19 heteroatoms. The minimum atomic E-state index is -1.81. The van der Waals surface area contributed by atoms with Gasteiger partial charge in [0.25, 0.3) is 0 Å². The normalized spacial score (nSPS) is 11.3. The quantitative estimate of drug-likeness (QED) is 0.0408. The topological polar surface area (TPSA) is 167 Å². The summed E-state index contributed by atoms with van der Waals surface area (Å²) in [6.45, 7) is -3.56. The van der Waals surface area contributed by atoms with Crippen molar-refractivity contribution in [3.63, 3.8) is 0 Å². The van der Waals surface area contributed by atoms with E-state index in [1.807, 2.05) is 0 Å². The molecule has 0 spiro atoms. The van der Waals surface area contributed by atoms with E-state index in [0.29, 0.717) is 0 Å². The molecule has 0 bridgehead atoms. The summed E-state index contributed by atoms with van der Waals surface area (Å²) in [6, 6.07) is 0. The van der Waals surface area contributed by atoms with Crippen LogP contribution in [-0.2, 0) is 61.9 Å². The molecule has 46 heavy (non-hydrogen) atoms. The number of carbonyl (C=O) groups is 6. The van der Waals surface area contributed by atoms with Gasteiger partial charge in [-0.2, -0.15) is 75.8 Å². The Morgan fingerprint density at radius 3 is 0.783 bits per heavy atom. The SMILES string of the molecule is O=C(CCS)OCC(COC(=O)CCS)(COC(=O)CCS)COC(COC(=O)CCS)(COC(=O)CCS)COC(=O)CCS. The standard InChI is InChI=1S/C27H44O13S6/c28-20(1-7-41)34-13-26(14-35-21(29)2-8-42,15-36-22(30)3-9-43)16-40-27(17-37-23(31)4-10-44,18-38-24(32)5-11-45)19-39-25(33)6-12-46/h41-46H,1-19H2. The Balaban J connectivity index is 6.69. The van der Waals surface area contributed by atoms with Crippen LogP contribution >= 0.6 is 75.8 Å². The number of hydrogen-bond acceptors (Lipinski definition) is 19. The molecule has 13 nitrogen and oxygen atoms in total. The van der Waals surface area contributed by atoms with Gasteiger partial charge in [0.2, 0.25) is 0 Å². The van der Waals surface area contributed by atoms with Gasteiger partial charge in [-0.3, -0.25) is 28.8 Å². The van der Waals surface area contributed by atoms with Crippen LogP contribution in [0.1, 0.15) is 38.5 Å². The van der Waals surface area contributed by atoms with Crippen LogP contribution in [0, 0.1) is 5.41 Å². The van der Waals surface area contributed by atoms with E-state index < -0.39 is 93.1 Å². The molecular formula is C27H44O13S6. The fourth-order valence-corrected chi connectivity index (χ4v) is 4.22. The molecule has 0 atom stereocenters. The van der Waals surface area contributed by atoms with Gasteiger partial charge in [-0.25, -0.2) is 0 Å². The molecule has 0 aliphatic carbocycles. The summed E-state index contributed by atoms with van der Waals surface area (Å²) in [5.74, 6) is -2.84. The summed E-state index contributed by atoms with van der Waals surface area (Å²) >= 11 is 24.2. The minimum absolute atomic E-state index is 0.0495. The first-order chi connectivity index (χ1) is 21.9. The van der Waals surface area contributed by atoms with Gasteiger partial charge in [-0.1, -0.05) is 0 Å². The molecule has 266 valence electrons. The van der Waals surface area contributed by atoms with E-state index in [-0.39, 0.29) is 73.0 Å². The number of carbonyl (C=O) groups excluding carboxylic acids is 6.